The van der Waals surface area contributed by atoms with Gasteiger partial charge >= 0.3 is 5.97 Å². The number of ether oxygens (including phenoxy) is 1. The number of carboxylic acid groups (broad SMARTS) is 1. The smallest absolute Gasteiger partial charge is 0.307 e. The Bertz CT molecular complexity index is 1080. The Hall–Kier alpha value is -3.93. The van der Waals surface area contributed by atoms with Crippen LogP contribution in [0.25, 0.3) is 0 Å². The maximum absolute atomic E-state index is 12.4. The van der Waals surface area contributed by atoms with Gasteiger partial charge in [-0.3, -0.25) is 19.3 Å². The van der Waals surface area contributed by atoms with E-state index in [-0.39, 0.29) is 18.2 Å². The number of nitrogens with zero attached hydrogens (tertiary/aromatic N) is 1. The quantitative estimate of drug-likeness (QED) is 0.567. The highest BCUT2D eigenvalue weighted by Crippen LogP contribution is 2.23. The molecule has 0 radical (unpaired) electrons. The fraction of sp³-hybridized carbons (Fsp3) is 0.160. The molecule has 1 aliphatic rings. The number of carbonyl (C=O) groups excluding carboxylic acids is 2. The minimum Gasteiger partial charge on any atom is -0.489 e. The molecule has 6 heteroatoms. The Morgan fingerprint density at radius 2 is 1.32 bits per heavy atom. The lowest BCUT2D eigenvalue weighted by atomic mass is 10.1. The number of benzene rings is 3. The first-order valence-electron chi connectivity index (χ1n) is 9.98. The molecule has 1 N–H and O–H groups in total. The highest BCUT2D eigenvalue weighted by atomic mass is 16.5. The second-order valence-electron chi connectivity index (χ2n) is 7.38. The fourth-order valence-electron chi connectivity index (χ4n) is 3.53. The number of amides is 2. The molecule has 1 heterocycles. The third-order valence-electron chi connectivity index (χ3n) is 5.21. The molecule has 1 aliphatic heterocycles. The van der Waals surface area contributed by atoms with Crippen LogP contribution in [0.4, 0.5) is 0 Å². The van der Waals surface area contributed by atoms with Crippen molar-refractivity contribution in [3.63, 3.8) is 0 Å². The largest absolute Gasteiger partial charge is 0.489 e. The molecular formula is C25H21NO5. The molecule has 0 spiro atoms. The van der Waals surface area contributed by atoms with Gasteiger partial charge in [0.2, 0.25) is 0 Å². The lowest BCUT2D eigenvalue weighted by Crippen LogP contribution is -2.31. The number of fused-ring (bicyclic) bond motifs is 1. The van der Waals surface area contributed by atoms with Crippen LogP contribution in [-0.4, -0.2) is 34.3 Å². The molecule has 2 amide bonds. The first kappa shape index (κ1) is 20.3. The lowest BCUT2D eigenvalue weighted by molar-refractivity contribution is -0.136. The summed E-state index contributed by atoms with van der Waals surface area (Å²) < 4.78 is 5.79. The summed E-state index contributed by atoms with van der Waals surface area (Å²) in [5, 5.41) is 8.82. The normalized spacial score (nSPS) is 12.7. The Kier molecular flexibility index (Phi) is 5.80. The molecule has 0 bridgehead atoms. The number of hydrogen-bond donors (Lipinski definition) is 1. The van der Waals surface area contributed by atoms with Crippen LogP contribution < -0.4 is 4.74 Å². The predicted molar refractivity (Wildman–Crippen MR) is 114 cm³/mol. The molecule has 0 unspecified atom stereocenters. The number of aliphatic carboxylic acids is 1. The molecule has 3 aromatic rings. The average molecular weight is 415 g/mol. The second-order valence-corrected chi connectivity index (χ2v) is 7.38. The van der Waals surface area contributed by atoms with Gasteiger partial charge in [0.15, 0.2) is 0 Å². The molecule has 156 valence electrons. The van der Waals surface area contributed by atoms with Gasteiger partial charge in [-0.2, -0.15) is 0 Å². The van der Waals surface area contributed by atoms with Crippen molar-refractivity contribution in [3.8, 4) is 5.75 Å². The van der Waals surface area contributed by atoms with Crippen molar-refractivity contribution in [3.05, 3.63) is 101 Å². The van der Waals surface area contributed by atoms with Crippen molar-refractivity contribution in [2.75, 3.05) is 6.54 Å². The van der Waals surface area contributed by atoms with E-state index in [1.807, 2.05) is 36.4 Å². The molecule has 0 atom stereocenters. The van der Waals surface area contributed by atoms with E-state index in [2.05, 4.69) is 0 Å². The number of carbonyl (C=O) groups is 3. The molecule has 3 aromatic carbocycles. The Morgan fingerprint density at radius 3 is 1.90 bits per heavy atom. The van der Waals surface area contributed by atoms with Crippen LogP contribution >= 0.6 is 0 Å². The topological polar surface area (TPSA) is 83.9 Å². The Balaban J connectivity index is 1.29. The van der Waals surface area contributed by atoms with Crippen molar-refractivity contribution in [2.45, 2.75) is 19.4 Å². The number of imide groups is 1. The van der Waals surface area contributed by atoms with E-state index in [4.69, 9.17) is 9.84 Å². The molecule has 0 aromatic heterocycles. The predicted octanol–water partition coefficient (Wildman–Crippen LogP) is 3.73. The minimum atomic E-state index is -0.855. The standard InChI is InChI=1S/C25H21NO5/c27-23(28)15-18-5-7-19(8-6-18)16-31-20-11-9-17(10-12-20)13-14-26-24(29)21-3-1-2-4-22(21)25(26)30/h1-12H,13-16H2,(H,27,28). The van der Waals surface area contributed by atoms with Crippen molar-refractivity contribution in [1.29, 1.82) is 0 Å². The van der Waals surface area contributed by atoms with Crippen LogP contribution in [0.5, 0.6) is 5.75 Å². The molecule has 0 aliphatic carbocycles. The summed E-state index contributed by atoms with van der Waals surface area (Å²) in [7, 11) is 0. The molecule has 31 heavy (non-hydrogen) atoms. The van der Waals surface area contributed by atoms with Gasteiger partial charge in [-0.25, -0.2) is 0 Å². The summed E-state index contributed by atoms with van der Waals surface area (Å²) in [5.74, 6) is -0.629. The molecular weight excluding hydrogens is 394 g/mol. The number of carboxylic acids is 1. The molecule has 0 saturated heterocycles. The third kappa shape index (κ3) is 4.64. The van der Waals surface area contributed by atoms with E-state index in [9.17, 15) is 14.4 Å². The maximum Gasteiger partial charge on any atom is 0.307 e. The van der Waals surface area contributed by atoms with E-state index >= 15 is 0 Å². The lowest BCUT2D eigenvalue weighted by Gasteiger charge is -2.14. The zero-order valence-electron chi connectivity index (χ0n) is 16.8. The highest BCUT2D eigenvalue weighted by Gasteiger charge is 2.34. The van der Waals surface area contributed by atoms with Crippen LogP contribution in [-0.2, 0) is 24.2 Å². The van der Waals surface area contributed by atoms with Crippen LogP contribution in [0, 0.1) is 0 Å². The van der Waals surface area contributed by atoms with E-state index in [1.165, 1.54) is 4.90 Å². The molecule has 0 fully saturated rings. The van der Waals surface area contributed by atoms with Crippen molar-refractivity contribution in [2.24, 2.45) is 0 Å². The molecule has 6 nitrogen and oxygen atoms in total. The van der Waals surface area contributed by atoms with Gasteiger partial charge in [0.05, 0.1) is 17.5 Å². The van der Waals surface area contributed by atoms with Gasteiger partial charge in [0.1, 0.15) is 12.4 Å². The van der Waals surface area contributed by atoms with E-state index in [0.717, 1.165) is 16.7 Å². The third-order valence-corrected chi connectivity index (χ3v) is 5.21. The van der Waals surface area contributed by atoms with E-state index in [0.29, 0.717) is 36.4 Å². The zero-order valence-corrected chi connectivity index (χ0v) is 16.8. The summed E-state index contributed by atoms with van der Waals surface area (Å²) >= 11 is 0. The summed E-state index contributed by atoms with van der Waals surface area (Å²) in [4.78, 5) is 36.9. The average Bonchev–Trinajstić information content (AvgIpc) is 3.02. The summed E-state index contributed by atoms with van der Waals surface area (Å²) in [6.07, 6.45) is 0.570. The zero-order chi connectivity index (χ0) is 21.8. The van der Waals surface area contributed by atoms with Gasteiger partial charge in [-0.1, -0.05) is 48.5 Å². The van der Waals surface area contributed by atoms with Gasteiger partial charge in [0, 0.05) is 6.54 Å². The summed E-state index contributed by atoms with van der Waals surface area (Å²) in [6.45, 7) is 0.705. The van der Waals surface area contributed by atoms with Crippen LogP contribution in [0.3, 0.4) is 0 Å². The van der Waals surface area contributed by atoms with Crippen LogP contribution in [0.1, 0.15) is 37.4 Å². The molecule has 4 rings (SSSR count). The monoisotopic (exact) mass is 415 g/mol. The summed E-state index contributed by atoms with van der Waals surface area (Å²) in [6, 6.07) is 21.7. The molecule has 0 saturated carbocycles. The minimum absolute atomic E-state index is 0.00328. The van der Waals surface area contributed by atoms with Gasteiger partial charge in [-0.05, 0) is 47.4 Å². The maximum atomic E-state index is 12.4. The first-order chi connectivity index (χ1) is 15.0. The number of rotatable bonds is 8. The van der Waals surface area contributed by atoms with Gasteiger partial charge in [-0.15, -0.1) is 0 Å². The second kappa shape index (κ2) is 8.83. The van der Waals surface area contributed by atoms with Gasteiger partial charge in [0.25, 0.3) is 11.8 Å². The Labute approximate surface area is 179 Å². The van der Waals surface area contributed by atoms with Gasteiger partial charge < -0.3 is 9.84 Å². The highest BCUT2D eigenvalue weighted by molar-refractivity contribution is 6.21. The number of hydrogen-bond acceptors (Lipinski definition) is 4. The van der Waals surface area contributed by atoms with Crippen LogP contribution in [0.15, 0.2) is 72.8 Å². The fourth-order valence-corrected chi connectivity index (χ4v) is 3.53. The SMILES string of the molecule is O=C(O)Cc1ccc(COc2ccc(CCN3C(=O)c4ccccc4C3=O)cc2)cc1. The van der Waals surface area contributed by atoms with E-state index < -0.39 is 5.97 Å². The van der Waals surface area contributed by atoms with E-state index in [1.54, 1.807) is 36.4 Å². The van der Waals surface area contributed by atoms with Crippen LogP contribution in [0.2, 0.25) is 0 Å². The first-order valence-corrected chi connectivity index (χ1v) is 9.98. The summed E-state index contributed by atoms with van der Waals surface area (Å²) in [5.41, 5.74) is 3.63. The van der Waals surface area contributed by atoms with Crippen molar-refractivity contribution >= 4 is 17.8 Å². The Morgan fingerprint density at radius 1 is 0.774 bits per heavy atom. The van der Waals surface area contributed by atoms with Crippen molar-refractivity contribution < 1.29 is 24.2 Å². The van der Waals surface area contributed by atoms with Crippen molar-refractivity contribution in [1.82, 2.24) is 4.90 Å².